The van der Waals surface area contributed by atoms with Gasteiger partial charge in [0.05, 0.1) is 0 Å². The standard InChI is InChI=1S/C68H114O6/c1-4-7-10-13-16-19-21-23-25-26-27-28-29-30-31-32-33-34-35-36-37-38-39-40-41-42-43-45-46-49-52-55-58-61-67(70)73-64-65(63-72-66(69)60-57-54-51-48-18-15-12-9-6-3)74-68(71)62-59-56-53-50-47-44-24-22-20-17-14-11-8-5-2/h7,10,16,19,23,25,27-28,30-31,33-34,36-37,39-40,42-43,65H,4-6,8-9,11-15,17-18,20-22,24,26,29,32,35,38,41,44-64H2,1-3H3/b10-7-,19-16-,25-23-,28-27-,31-30-,34-33-,37-36-,40-39-,43-42-. The van der Waals surface area contributed by atoms with Crippen molar-refractivity contribution in [1.82, 2.24) is 0 Å². The number of carbonyl (C=O) groups is 3. The lowest BCUT2D eigenvalue weighted by Gasteiger charge is -2.18. The van der Waals surface area contributed by atoms with Crippen LogP contribution in [0.3, 0.4) is 0 Å². The molecule has 0 amide bonds. The molecule has 0 bridgehead atoms. The van der Waals surface area contributed by atoms with Crippen molar-refractivity contribution in [2.45, 2.75) is 290 Å². The SMILES string of the molecule is CC/C=C\C/C=C\C/C=C\C/C=C\C/C=C\C/C=C\C/C=C\C/C=C\C/C=C\CCCCCCCC(=O)OCC(COC(=O)CCCCCCCCCCC)OC(=O)CCCCCCCCCCCCCCCC. The van der Waals surface area contributed by atoms with E-state index in [-0.39, 0.29) is 31.1 Å². The smallest absolute Gasteiger partial charge is 0.306 e. The molecule has 0 aromatic carbocycles. The average molecular weight is 1030 g/mol. The number of esters is 3. The van der Waals surface area contributed by atoms with Gasteiger partial charge in [0.2, 0.25) is 0 Å². The van der Waals surface area contributed by atoms with Crippen molar-refractivity contribution >= 4 is 17.9 Å². The van der Waals surface area contributed by atoms with Gasteiger partial charge in [0.25, 0.3) is 0 Å². The average Bonchev–Trinajstić information content (AvgIpc) is 3.40. The third-order valence-electron chi connectivity index (χ3n) is 13.0. The fraction of sp³-hybridized carbons (Fsp3) is 0.691. The van der Waals surface area contributed by atoms with Crippen LogP contribution in [0.15, 0.2) is 109 Å². The summed E-state index contributed by atoms with van der Waals surface area (Å²) in [5.41, 5.74) is 0. The highest BCUT2D eigenvalue weighted by Gasteiger charge is 2.19. The molecule has 0 fully saturated rings. The minimum Gasteiger partial charge on any atom is -0.462 e. The Morgan fingerprint density at radius 3 is 0.824 bits per heavy atom. The number of unbranched alkanes of at least 4 members (excludes halogenated alkanes) is 26. The van der Waals surface area contributed by atoms with E-state index in [4.69, 9.17) is 14.2 Å². The molecule has 0 radical (unpaired) electrons. The quantitative estimate of drug-likeness (QED) is 0.0261. The minimum absolute atomic E-state index is 0.0809. The van der Waals surface area contributed by atoms with Gasteiger partial charge in [-0.3, -0.25) is 14.4 Å². The highest BCUT2D eigenvalue weighted by molar-refractivity contribution is 5.71. The first-order chi connectivity index (χ1) is 36.5. The Labute approximate surface area is 457 Å². The molecule has 1 unspecified atom stereocenters. The first-order valence-electron chi connectivity index (χ1n) is 30.9. The third kappa shape index (κ3) is 59.0. The lowest BCUT2D eigenvalue weighted by atomic mass is 10.0. The Hall–Kier alpha value is -3.93. The highest BCUT2D eigenvalue weighted by Crippen LogP contribution is 2.16. The Balaban J connectivity index is 4.22. The number of rotatable bonds is 55. The van der Waals surface area contributed by atoms with E-state index in [0.29, 0.717) is 19.3 Å². The summed E-state index contributed by atoms with van der Waals surface area (Å²) < 4.78 is 16.8. The van der Waals surface area contributed by atoms with Crippen molar-refractivity contribution in [3.63, 3.8) is 0 Å². The lowest BCUT2D eigenvalue weighted by Crippen LogP contribution is -2.30. The van der Waals surface area contributed by atoms with Crippen LogP contribution in [0.5, 0.6) is 0 Å². The summed E-state index contributed by atoms with van der Waals surface area (Å²) in [5.74, 6) is -0.898. The van der Waals surface area contributed by atoms with Gasteiger partial charge in [-0.15, -0.1) is 0 Å². The summed E-state index contributed by atoms with van der Waals surface area (Å²) >= 11 is 0. The molecular weight excluding hydrogens is 913 g/mol. The molecule has 0 spiro atoms. The Kier molecular flexibility index (Phi) is 58.3. The maximum atomic E-state index is 12.8. The van der Waals surface area contributed by atoms with Crippen LogP contribution in [0, 0.1) is 0 Å². The van der Waals surface area contributed by atoms with Crippen molar-refractivity contribution in [1.29, 1.82) is 0 Å². The molecular formula is C68H114O6. The molecule has 0 aromatic heterocycles. The van der Waals surface area contributed by atoms with Gasteiger partial charge >= 0.3 is 17.9 Å². The van der Waals surface area contributed by atoms with Crippen molar-refractivity contribution in [3.8, 4) is 0 Å². The van der Waals surface area contributed by atoms with Crippen molar-refractivity contribution in [2.75, 3.05) is 13.2 Å². The van der Waals surface area contributed by atoms with E-state index >= 15 is 0 Å². The fourth-order valence-electron chi connectivity index (χ4n) is 8.44. The molecule has 0 aliphatic heterocycles. The molecule has 0 N–H and O–H groups in total. The zero-order valence-electron chi connectivity index (χ0n) is 48.3. The van der Waals surface area contributed by atoms with Gasteiger partial charge in [-0.2, -0.15) is 0 Å². The molecule has 0 aliphatic rings. The van der Waals surface area contributed by atoms with Gasteiger partial charge in [-0.25, -0.2) is 0 Å². The zero-order chi connectivity index (χ0) is 53.6. The van der Waals surface area contributed by atoms with Gasteiger partial charge < -0.3 is 14.2 Å². The molecule has 0 heterocycles. The number of hydrogen-bond acceptors (Lipinski definition) is 6. The summed E-state index contributed by atoms with van der Waals surface area (Å²) in [7, 11) is 0. The van der Waals surface area contributed by atoms with E-state index in [1.165, 1.54) is 109 Å². The molecule has 0 saturated carbocycles. The predicted molar refractivity (Wildman–Crippen MR) is 320 cm³/mol. The third-order valence-corrected chi connectivity index (χ3v) is 13.0. The summed E-state index contributed by atoms with van der Waals surface area (Å²) in [6, 6.07) is 0. The van der Waals surface area contributed by atoms with E-state index in [0.717, 1.165) is 135 Å². The van der Waals surface area contributed by atoms with E-state index in [2.05, 4.69) is 130 Å². The number of allylic oxidation sites excluding steroid dienone is 18. The van der Waals surface area contributed by atoms with E-state index in [1.807, 2.05) is 0 Å². The van der Waals surface area contributed by atoms with Gasteiger partial charge in [0.15, 0.2) is 6.10 Å². The first-order valence-corrected chi connectivity index (χ1v) is 30.9. The van der Waals surface area contributed by atoms with Crippen LogP contribution in [0.2, 0.25) is 0 Å². The zero-order valence-corrected chi connectivity index (χ0v) is 48.3. The van der Waals surface area contributed by atoms with Gasteiger partial charge in [-0.05, 0) is 89.9 Å². The Morgan fingerprint density at radius 1 is 0.284 bits per heavy atom. The maximum Gasteiger partial charge on any atom is 0.306 e. The number of carbonyl (C=O) groups excluding carboxylic acids is 3. The number of hydrogen-bond donors (Lipinski definition) is 0. The molecule has 74 heavy (non-hydrogen) atoms. The van der Waals surface area contributed by atoms with Gasteiger partial charge in [0, 0.05) is 19.3 Å². The Morgan fingerprint density at radius 2 is 0.527 bits per heavy atom. The summed E-state index contributed by atoms with van der Waals surface area (Å²) in [4.78, 5) is 38.1. The van der Waals surface area contributed by atoms with Crippen LogP contribution >= 0.6 is 0 Å². The van der Waals surface area contributed by atoms with Gasteiger partial charge in [0.1, 0.15) is 13.2 Å². The molecule has 0 saturated heterocycles. The van der Waals surface area contributed by atoms with Crippen LogP contribution in [0.25, 0.3) is 0 Å². The monoisotopic (exact) mass is 1030 g/mol. The molecule has 6 heteroatoms. The first kappa shape index (κ1) is 70.1. The lowest BCUT2D eigenvalue weighted by molar-refractivity contribution is -0.167. The Bertz CT molecular complexity index is 1510. The topological polar surface area (TPSA) is 78.9 Å². The second-order valence-corrected chi connectivity index (χ2v) is 20.2. The van der Waals surface area contributed by atoms with Crippen LogP contribution in [-0.4, -0.2) is 37.2 Å². The normalized spacial score (nSPS) is 12.9. The maximum absolute atomic E-state index is 12.8. The molecule has 422 valence electrons. The molecule has 0 rings (SSSR count). The van der Waals surface area contributed by atoms with Crippen molar-refractivity contribution < 1.29 is 28.6 Å². The summed E-state index contributed by atoms with van der Waals surface area (Å²) in [6.07, 6.45) is 83.9. The van der Waals surface area contributed by atoms with E-state index < -0.39 is 6.10 Å². The minimum atomic E-state index is -0.782. The van der Waals surface area contributed by atoms with Gasteiger partial charge in [-0.1, -0.05) is 284 Å². The largest absolute Gasteiger partial charge is 0.462 e. The fourth-order valence-corrected chi connectivity index (χ4v) is 8.44. The summed E-state index contributed by atoms with van der Waals surface area (Å²) in [6.45, 7) is 6.50. The number of ether oxygens (including phenoxy) is 3. The van der Waals surface area contributed by atoms with E-state index in [1.54, 1.807) is 0 Å². The second kappa shape index (κ2) is 61.6. The molecule has 0 aromatic rings. The van der Waals surface area contributed by atoms with Crippen molar-refractivity contribution in [3.05, 3.63) is 109 Å². The molecule has 6 nitrogen and oxygen atoms in total. The molecule has 1 atom stereocenters. The van der Waals surface area contributed by atoms with Crippen LogP contribution in [-0.2, 0) is 28.6 Å². The predicted octanol–water partition coefficient (Wildman–Crippen LogP) is 21.0. The highest BCUT2D eigenvalue weighted by atomic mass is 16.6. The second-order valence-electron chi connectivity index (χ2n) is 20.2. The summed E-state index contributed by atoms with van der Waals surface area (Å²) in [5, 5.41) is 0. The van der Waals surface area contributed by atoms with Crippen LogP contribution in [0.4, 0.5) is 0 Å². The molecule has 0 aliphatic carbocycles. The van der Waals surface area contributed by atoms with Crippen LogP contribution < -0.4 is 0 Å². The van der Waals surface area contributed by atoms with E-state index in [9.17, 15) is 14.4 Å². The van der Waals surface area contributed by atoms with Crippen molar-refractivity contribution in [2.24, 2.45) is 0 Å². The van der Waals surface area contributed by atoms with Crippen LogP contribution in [0.1, 0.15) is 284 Å².